The summed E-state index contributed by atoms with van der Waals surface area (Å²) in [6.45, 7) is 7.70. The zero-order valence-corrected chi connectivity index (χ0v) is 21.2. The number of nitrogens with two attached hydrogens (primary N) is 1. The highest BCUT2D eigenvalue weighted by Gasteiger charge is 2.51. The molecule has 2 aromatic carbocycles. The number of hydrogen-bond acceptors (Lipinski definition) is 7. The Kier molecular flexibility index (Phi) is 6.31. The standard InChI is InChI=1S/C25H28ClFN6O2/c1-12-18(26)10-17(13(2)33-24-25(4,14(3)32-33)23(28)30-11-31-24)21(35-6)20(12)15-7-8-16(19(27)9-15)22(34)29-5/h7-11,13,24H,1-6H3,(H,29,34)(H2,28,30,31). The number of nitrogens with one attached hydrogen (secondary N) is 1. The molecule has 2 aliphatic heterocycles. The van der Waals surface area contributed by atoms with Gasteiger partial charge in [-0.1, -0.05) is 17.7 Å². The zero-order chi connectivity index (χ0) is 25.7. The van der Waals surface area contributed by atoms with Crippen LogP contribution in [0.15, 0.2) is 39.4 Å². The number of hydrazone groups is 1. The van der Waals surface area contributed by atoms with Gasteiger partial charge in [-0.05, 0) is 57.0 Å². The highest BCUT2D eigenvalue weighted by atomic mass is 35.5. The van der Waals surface area contributed by atoms with Crippen molar-refractivity contribution in [1.82, 2.24) is 10.3 Å². The van der Waals surface area contributed by atoms with Crippen LogP contribution < -0.4 is 15.8 Å². The molecule has 184 valence electrons. The molecule has 3 atom stereocenters. The van der Waals surface area contributed by atoms with Crippen molar-refractivity contribution < 1.29 is 13.9 Å². The highest BCUT2D eigenvalue weighted by molar-refractivity contribution is 6.32. The summed E-state index contributed by atoms with van der Waals surface area (Å²) in [5.41, 5.74) is 9.03. The molecule has 3 N–H and O–H groups in total. The fourth-order valence-electron chi connectivity index (χ4n) is 4.66. The van der Waals surface area contributed by atoms with Crippen molar-refractivity contribution in [2.24, 2.45) is 26.2 Å². The van der Waals surface area contributed by atoms with Gasteiger partial charge in [-0.2, -0.15) is 5.10 Å². The number of carbonyl (C=O) groups is 1. The minimum absolute atomic E-state index is 0.0425. The third-order valence-electron chi connectivity index (χ3n) is 7.01. The number of amides is 1. The van der Waals surface area contributed by atoms with Crippen molar-refractivity contribution in [3.8, 4) is 16.9 Å². The number of nitrogens with zero attached hydrogens (tertiary/aromatic N) is 4. The van der Waals surface area contributed by atoms with Crippen LogP contribution in [0.1, 0.15) is 48.3 Å². The molecular formula is C25H28ClFN6O2. The first kappa shape index (κ1) is 24.7. The summed E-state index contributed by atoms with van der Waals surface area (Å²) in [5.74, 6) is -0.150. The van der Waals surface area contributed by atoms with Gasteiger partial charge in [-0.25, -0.2) is 14.4 Å². The third kappa shape index (κ3) is 3.74. The largest absolute Gasteiger partial charge is 0.496 e. The van der Waals surface area contributed by atoms with Gasteiger partial charge < -0.3 is 15.8 Å². The number of hydrogen-bond donors (Lipinski definition) is 2. The maximum Gasteiger partial charge on any atom is 0.253 e. The molecule has 8 nitrogen and oxygen atoms in total. The monoisotopic (exact) mass is 498 g/mol. The number of fused-ring (bicyclic) bond motifs is 1. The molecule has 0 radical (unpaired) electrons. The van der Waals surface area contributed by atoms with Gasteiger partial charge in [-0.15, -0.1) is 0 Å². The van der Waals surface area contributed by atoms with Crippen molar-refractivity contribution in [2.45, 2.75) is 39.9 Å². The van der Waals surface area contributed by atoms with Crippen molar-refractivity contribution in [1.29, 1.82) is 0 Å². The topological polar surface area (TPSA) is 105 Å². The number of halogens is 2. The highest BCUT2D eigenvalue weighted by Crippen LogP contribution is 2.47. The Morgan fingerprint density at radius 1 is 1.34 bits per heavy atom. The number of ether oxygens (including phenoxy) is 1. The average Bonchev–Trinajstić information content (AvgIpc) is 3.11. The number of rotatable bonds is 5. The molecule has 2 heterocycles. The van der Waals surface area contributed by atoms with Crippen molar-refractivity contribution >= 4 is 35.4 Å². The van der Waals surface area contributed by atoms with Crippen LogP contribution in [-0.4, -0.2) is 49.1 Å². The maximum atomic E-state index is 14.9. The molecule has 10 heteroatoms. The van der Waals surface area contributed by atoms with Crippen LogP contribution >= 0.6 is 11.6 Å². The number of carbonyl (C=O) groups excluding carboxylic acids is 1. The van der Waals surface area contributed by atoms with Gasteiger partial charge in [0.25, 0.3) is 5.91 Å². The van der Waals surface area contributed by atoms with Crippen molar-refractivity contribution in [3.05, 3.63) is 51.8 Å². The lowest BCUT2D eigenvalue weighted by Crippen LogP contribution is -2.51. The summed E-state index contributed by atoms with van der Waals surface area (Å²) in [6, 6.07) is 5.97. The van der Waals surface area contributed by atoms with E-state index in [4.69, 9.17) is 27.2 Å². The number of aliphatic imine (C=N–C) groups is 2. The first-order chi connectivity index (χ1) is 16.6. The molecule has 0 aromatic heterocycles. The molecule has 0 aliphatic carbocycles. The van der Waals surface area contributed by atoms with Crippen LogP contribution in [0.5, 0.6) is 5.75 Å². The zero-order valence-electron chi connectivity index (χ0n) is 20.5. The van der Waals surface area contributed by atoms with Gasteiger partial charge in [0.05, 0.1) is 24.4 Å². The molecule has 2 aliphatic rings. The third-order valence-corrected chi connectivity index (χ3v) is 7.40. The quantitative estimate of drug-likeness (QED) is 0.641. The molecule has 0 saturated heterocycles. The van der Waals surface area contributed by atoms with Gasteiger partial charge in [-0.3, -0.25) is 9.80 Å². The summed E-state index contributed by atoms with van der Waals surface area (Å²) in [7, 11) is 3.01. The van der Waals surface area contributed by atoms with Crippen LogP contribution in [0.25, 0.3) is 11.1 Å². The fourth-order valence-corrected chi connectivity index (χ4v) is 4.88. The van der Waals surface area contributed by atoms with Gasteiger partial charge >= 0.3 is 0 Å². The van der Waals surface area contributed by atoms with Crippen LogP contribution in [0.3, 0.4) is 0 Å². The maximum absolute atomic E-state index is 14.9. The minimum atomic E-state index is -0.639. The summed E-state index contributed by atoms with van der Waals surface area (Å²) in [5, 5.41) is 9.59. The average molecular weight is 499 g/mol. The Hall–Kier alpha value is -3.46. The lowest BCUT2D eigenvalue weighted by Gasteiger charge is -2.37. The summed E-state index contributed by atoms with van der Waals surface area (Å²) < 4.78 is 20.7. The summed E-state index contributed by atoms with van der Waals surface area (Å²) >= 11 is 6.67. The molecule has 0 bridgehead atoms. The molecule has 35 heavy (non-hydrogen) atoms. The first-order valence-corrected chi connectivity index (χ1v) is 11.5. The van der Waals surface area contributed by atoms with E-state index in [1.807, 2.05) is 38.8 Å². The van der Waals surface area contributed by atoms with Crippen molar-refractivity contribution in [3.63, 3.8) is 0 Å². The fraction of sp³-hybridized carbons (Fsp3) is 0.360. The van der Waals surface area contributed by atoms with Crippen LogP contribution in [0, 0.1) is 18.2 Å². The lowest BCUT2D eigenvalue weighted by atomic mass is 9.81. The Morgan fingerprint density at radius 2 is 2.06 bits per heavy atom. The number of methoxy groups -OCH3 is 1. The van der Waals surface area contributed by atoms with Gasteiger partial charge in [0.15, 0.2) is 6.17 Å². The van der Waals surface area contributed by atoms with Crippen LogP contribution in [-0.2, 0) is 0 Å². The molecule has 4 rings (SSSR count). The Morgan fingerprint density at radius 3 is 2.69 bits per heavy atom. The van der Waals surface area contributed by atoms with E-state index in [1.165, 1.54) is 25.5 Å². The van der Waals surface area contributed by atoms with E-state index in [0.29, 0.717) is 27.7 Å². The molecule has 0 spiro atoms. The number of benzene rings is 2. The second kappa shape index (κ2) is 8.96. The Balaban J connectivity index is 1.84. The van der Waals surface area contributed by atoms with Gasteiger partial charge in [0, 0.05) is 23.2 Å². The molecule has 0 fully saturated rings. The summed E-state index contributed by atoms with van der Waals surface area (Å²) in [4.78, 5) is 20.7. The van der Waals surface area contributed by atoms with Gasteiger partial charge in [0.1, 0.15) is 29.2 Å². The second-order valence-corrected chi connectivity index (χ2v) is 9.26. The van der Waals surface area contributed by atoms with E-state index < -0.39 is 17.1 Å². The Labute approximate surface area is 208 Å². The van der Waals surface area contributed by atoms with E-state index in [0.717, 1.165) is 16.8 Å². The van der Waals surface area contributed by atoms with E-state index in [9.17, 15) is 9.18 Å². The van der Waals surface area contributed by atoms with E-state index in [-0.39, 0.29) is 17.8 Å². The molecule has 0 saturated carbocycles. The Bertz CT molecular complexity index is 1310. The van der Waals surface area contributed by atoms with Gasteiger partial charge in [0.2, 0.25) is 0 Å². The smallest absolute Gasteiger partial charge is 0.253 e. The molecule has 3 unspecified atom stereocenters. The lowest BCUT2D eigenvalue weighted by molar-refractivity contribution is 0.0959. The minimum Gasteiger partial charge on any atom is -0.496 e. The summed E-state index contributed by atoms with van der Waals surface area (Å²) in [6.07, 6.45) is 1.07. The van der Waals surface area contributed by atoms with E-state index in [1.54, 1.807) is 13.2 Å². The second-order valence-electron chi connectivity index (χ2n) is 8.85. The molecule has 2 aromatic rings. The van der Waals surface area contributed by atoms with Crippen LogP contribution in [0.4, 0.5) is 4.39 Å². The first-order valence-electron chi connectivity index (χ1n) is 11.1. The number of amidine groups is 1. The van der Waals surface area contributed by atoms with E-state index >= 15 is 0 Å². The predicted molar refractivity (Wildman–Crippen MR) is 137 cm³/mol. The van der Waals surface area contributed by atoms with Crippen LogP contribution in [0.2, 0.25) is 5.02 Å². The van der Waals surface area contributed by atoms with Crippen molar-refractivity contribution in [2.75, 3.05) is 14.2 Å². The molecule has 1 amide bonds. The predicted octanol–water partition coefficient (Wildman–Crippen LogP) is 4.31. The SMILES string of the molecule is CNC(=O)c1ccc(-c2c(C)c(Cl)cc(C(C)N3N=C(C)C4(C)C(N)=NC=NC34)c2OC)cc1F. The van der Waals surface area contributed by atoms with E-state index in [2.05, 4.69) is 15.3 Å². The normalized spacial score (nSPS) is 21.8. The molecular weight excluding hydrogens is 471 g/mol.